The second-order valence-corrected chi connectivity index (χ2v) is 5.62. The van der Waals surface area contributed by atoms with Crippen molar-refractivity contribution in [1.29, 1.82) is 0 Å². The van der Waals surface area contributed by atoms with Crippen molar-refractivity contribution in [2.75, 3.05) is 13.1 Å². The lowest BCUT2D eigenvalue weighted by atomic mass is 10.1. The molecule has 0 aliphatic heterocycles. The Balaban J connectivity index is 1.80. The second kappa shape index (κ2) is 7.48. The number of hydrogen-bond acceptors (Lipinski definition) is 4. The zero-order valence-corrected chi connectivity index (χ0v) is 13.8. The number of amides is 2. The first-order valence-electron chi connectivity index (χ1n) is 7.89. The molecule has 0 bridgehead atoms. The Labute approximate surface area is 151 Å². The quantitative estimate of drug-likeness (QED) is 0.716. The van der Waals surface area contributed by atoms with Crippen LogP contribution < -0.4 is 10.6 Å². The summed E-state index contributed by atoms with van der Waals surface area (Å²) in [6.07, 6.45) is -3.05. The minimum Gasteiger partial charge on any atom is -0.463 e. The van der Waals surface area contributed by atoms with Gasteiger partial charge < -0.3 is 15.1 Å². The maximum absolute atomic E-state index is 12.5. The van der Waals surface area contributed by atoms with E-state index in [4.69, 9.17) is 4.42 Å². The van der Waals surface area contributed by atoms with E-state index >= 15 is 0 Å². The summed E-state index contributed by atoms with van der Waals surface area (Å²) >= 11 is 0. The SMILES string of the molecule is O=C(CNC(=O)c1cc(-c2ccco2)nc2ccccc12)NCC(F)(F)F. The molecule has 1 aromatic carbocycles. The molecule has 0 radical (unpaired) electrons. The molecule has 2 aromatic heterocycles. The van der Waals surface area contributed by atoms with E-state index in [9.17, 15) is 22.8 Å². The number of rotatable bonds is 5. The molecule has 0 saturated carbocycles. The number of furan rings is 1. The molecule has 3 aromatic rings. The van der Waals surface area contributed by atoms with Crippen LogP contribution in [0.4, 0.5) is 13.2 Å². The lowest BCUT2D eigenvalue weighted by Crippen LogP contribution is -2.40. The molecule has 2 amide bonds. The minimum absolute atomic E-state index is 0.232. The molecule has 0 saturated heterocycles. The van der Waals surface area contributed by atoms with Gasteiger partial charge in [-0.25, -0.2) is 4.98 Å². The van der Waals surface area contributed by atoms with Crippen molar-refractivity contribution in [2.45, 2.75) is 6.18 Å². The molecule has 140 valence electrons. The highest BCUT2D eigenvalue weighted by atomic mass is 19.4. The summed E-state index contributed by atoms with van der Waals surface area (Å²) in [7, 11) is 0. The predicted molar refractivity (Wildman–Crippen MR) is 90.8 cm³/mol. The van der Waals surface area contributed by atoms with Gasteiger partial charge in [0.1, 0.15) is 12.2 Å². The number of nitrogens with one attached hydrogen (secondary N) is 2. The molecule has 3 rings (SSSR count). The van der Waals surface area contributed by atoms with Gasteiger partial charge in [-0.3, -0.25) is 9.59 Å². The Kier molecular flexibility index (Phi) is 5.11. The summed E-state index contributed by atoms with van der Waals surface area (Å²) in [5, 5.41) is 4.56. The van der Waals surface area contributed by atoms with Crippen LogP contribution >= 0.6 is 0 Å². The van der Waals surface area contributed by atoms with Crippen molar-refractivity contribution in [3.8, 4) is 11.5 Å². The molecule has 9 heteroatoms. The van der Waals surface area contributed by atoms with E-state index in [2.05, 4.69) is 10.3 Å². The first-order chi connectivity index (χ1) is 12.8. The molecular weight excluding hydrogens is 363 g/mol. The zero-order chi connectivity index (χ0) is 19.4. The number of aromatic nitrogens is 1. The largest absolute Gasteiger partial charge is 0.463 e. The Morgan fingerprint density at radius 1 is 1.07 bits per heavy atom. The number of hydrogen-bond donors (Lipinski definition) is 2. The van der Waals surface area contributed by atoms with Gasteiger partial charge in [-0.2, -0.15) is 13.2 Å². The highest BCUT2D eigenvalue weighted by molar-refractivity contribution is 6.07. The van der Waals surface area contributed by atoms with E-state index in [1.165, 1.54) is 12.3 Å². The molecule has 2 N–H and O–H groups in total. The van der Waals surface area contributed by atoms with Gasteiger partial charge in [0, 0.05) is 5.39 Å². The summed E-state index contributed by atoms with van der Waals surface area (Å²) in [5.74, 6) is -1.09. The molecule has 27 heavy (non-hydrogen) atoms. The van der Waals surface area contributed by atoms with Crippen LogP contribution in [0.2, 0.25) is 0 Å². The van der Waals surface area contributed by atoms with Crippen molar-refractivity contribution < 1.29 is 27.2 Å². The Bertz CT molecular complexity index is 969. The molecule has 0 fully saturated rings. The van der Waals surface area contributed by atoms with Crippen LogP contribution in [0.25, 0.3) is 22.4 Å². The van der Waals surface area contributed by atoms with E-state index in [0.717, 1.165) is 0 Å². The molecule has 6 nitrogen and oxygen atoms in total. The summed E-state index contributed by atoms with van der Waals surface area (Å²) in [6.45, 7) is -2.04. The average molecular weight is 377 g/mol. The van der Waals surface area contributed by atoms with Gasteiger partial charge in [0.25, 0.3) is 5.91 Å². The van der Waals surface area contributed by atoms with Crippen molar-refractivity contribution in [2.24, 2.45) is 0 Å². The minimum atomic E-state index is -4.51. The number of para-hydroxylation sites is 1. The van der Waals surface area contributed by atoms with Crippen LogP contribution in [0.3, 0.4) is 0 Å². The highest BCUT2D eigenvalue weighted by Gasteiger charge is 2.27. The maximum atomic E-state index is 12.5. The fraction of sp³-hybridized carbons (Fsp3) is 0.167. The number of benzene rings is 1. The summed E-state index contributed by atoms with van der Waals surface area (Å²) in [6, 6.07) is 11.8. The zero-order valence-electron chi connectivity index (χ0n) is 13.8. The monoisotopic (exact) mass is 377 g/mol. The second-order valence-electron chi connectivity index (χ2n) is 5.62. The number of pyridine rings is 1. The number of halogens is 3. The van der Waals surface area contributed by atoms with E-state index in [-0.39, 0.29) is 5.56 Å². The van der Waals surface area contributed by atoms with Gasteiger partial charge in [0.05, 0.1) is 23.9 Å². The Morgan fingerprint density at radius 2 is 1.85 bits per heavy atom. The van der Waals surface area contributed by atoms with Gasteiger partial charge >= 0.3 is 6.18 Å². The highest BCUT2D eigenvalue weighted by Crippen LogP contribution is 2.25. The summed E-state index contributed by atoms with van der Waals surface area (Å²) in [5.41, 5.74) is 1.19. The first-order valence-corrected chi connectivity index (χ1v) is 7.89. The lowest BCUT2D eigenvalue weighted by Gasteiger charge is -2.11. The van der Waals surface area contributed by atoms with Crippen LogP contribution in [0.5, 0.6) is 0 Å². The smallest absolute Gasteiger partial charge is 0.405 e. The lowest BCUT2D eigenvalue weighted by molar-refractivity contribution is -0.137. The van der Waals surface area contributed by atoms with Crippen LogP contribution in [-0.4, -0.2) is 36.1 Å². The molecule has 0 atom stereocenters. The molecule has 0 aliphatic carbocycles. The van der Waals surface area contributed by atoms with Gasteiger partial charge in [-0.1, -0.05) is 18.2 Å². The number of fused-ring (bicyclic) bond motifs is 1. The molecule has 2 heterocycles. The van der Waals surface area contributed by atoms with E-state index < -0.39 is 31.1 Å². The fourth-order valence-electron chi connectivity index (χ4n) is 2.43. The number of carbonyl (C=O) groups excluding carboxylic acids is 2. The molecular formula is C18H14F3N3O3. The summed E-state index contributed by atoms with van der Waals surface area (Å²) in [4.78, 5) is 28.4. The van der Waals surface area contributed by atoms with Crippen LogP contribution in [0, 0.1) is 0 Å². The predicted octanol–water partition coefficient (Wildman–Crippen LogP) is 2.90. The Morgan fingerprint density at radius 3 is 2.56 bits per heavy atom. The Hall–Kier alpha value is -3.36. The third-order valence-corrected chi connectivity index (χ3v) is 3.63. The number of alkyl halides is 3. The van der Waals surface area contributed by atoms with Crippen molar-refractivity contribution in [3.63, 3.8) is 0 Å². The third kappa shape index (κ3) is 4.63. The molecule has 0 unspecified atom stereocenters. The molecule has 0 aliphatic rings. The van der Waals surface area contributed by atoms with Crippen LogP contribution in [-0.2, 0) is 4.79 Å². The third-order valence-electron chi connectivity index (χ3n) is 3.63. The normalized spacial score (nSPS) is 11.4. The van der Waals surface area contributed by atoms with Gasteiger partial charge in [-0.05, 0) is 24.3 Å². The van der Waals surface area contributed by atoms with Gasteiger partial charge in [-0.15, -0.1) is 0 Å². The number of carbonyl (C=O) groups is 2. The van der Waals surface area contributed by atoms with Crippen molar-refractivity contribution >= 4 is 22.7 Å². The first kappa shape index (κ1) is 18.4. The van der Waals surface area contributed by atoms with Gasteiger partial charge in [0.15, 0.2) is 5.76 Å². The van der Waals surface area contributed by atoms with Gasteiger partial charge in [0.2, 0.25) is 5.91 Å². The van der Waals surface area contributed by atoms with E-state index in [1.807, 2.05) is 0 Å². The standard InChI is InChI=1S/C18H14F3N3O3/c19-18(20,21)10-23-16(25)9-22-17(26)12-8-14(15-6-3-7-27-15)24-13-5-2-1-4-11(12)13/h1-8H,9-10H2,(H,22,26)(H,23,25). The summed E-state index contributed by atoms with van der Waals surface area (Å²) < 4.78 is 41.6. The van der Waals surface area contributed by atoms with Crippen LogP contribution in [0.1, 0.15) is 10.4 Å². The molecule has 0 spiro atoms. The van der Waals surface area contributed by atoms with E-state index in [1.54, 1.807) is 41.7 Å². The van der Waals surface area contributed by atoms with Crippen LogP contribution in [0.15, 0.2) is 53.1 Å². The maximum Gasteiger partial charge on any atom is 0.405 e. The van der Waals surface area contributed by atoms with E-state index in [0.29, 0.717) is 22.4 Å². The van der Waals surface area contributed by atoms with Crippen molar-refractivity contribution in [1.82, 2.24) is 15.6 Å². The van der Waals surface area contributed by atoms with Crippen molar-refractivity contribution in [3.05, 3.63) is 54.3 Å². The topological polar surface area (TPSA) is 84.2 Å². The fourth-order valence-corrected chi connectivity index (χ4v) is 2.43. The number of nitrogens with zero attached hydrogens (tertiary/aromatic N) is 1. The average Bonchev–Trinajstić information content (AvgIpc) is 3.17.